The second kappa shape index (κ2) is 6.44. The number of hydrogen-bond donors (Lipinski definition) is 1. The lowest BCUT2D eigenvalue weighted by molar-refractivity contribution is 0.146. The predicted octanol–water partition coefficient (Wildman–Crippen LogP) is 1.98. The highest BCUT2D eigenvalue weighted by Crippen LogP contribution is 2.33. The van der Waals surface area contributed by atoms with E-state index >= 15 is 0 Å². The number of carbonyl (C=O) groups excluding carboxylic acids is 1. The molecule has 1 aliphatic carbocycles. The summed E-state index contributed by atoms with van der Waals surface area (Å²) in [5.41, 5.74) is 1.01. The van der Waals surface area contributed by atoms with Crippen molar-refractivity contribution in [3.8, 4) is 11.5 Å². The minimum absolute atomic E-state index is 0.0379. The lowest BCUT2D eigenvalue weighted by Crippen LogP contribution is -2.42. The van der Waals surface area contributed by atoms with Gasteiger partial charge in [-0.05, 0) is 30.0 Å². The number of rotatable bonds is 6. The number of fused-ring (bicyclic) bond motifs is 1. The molecule has 1 N–H and O–H groups in total. The number of ether oxygens (including phenoxy) is 3. The van der Waals surface area contributed by atoms with E-state index in [2.05, 4.69) is 12.2 Å². The van der Waals surface area contributed by atoms with Gasteiger partial charge in [0.2, 0.25) is 6.79 Å². The molecule has 1 saturated carbocycles. The largest absolute Gasteiger partial charge is 0.454 e. The molecule has 3 rings (SSSR count). The van der Waals surface area contributed by atoms with Gasteiger partial charge in [-0.2, -0.15) is 0 Å². The Morgan fingerprint density at radius 2 is 2.18 bits per heavy atom. The van der Waals surface area contributed by atoms with E-state index in [1.165, 1.54) is 0 Å². The maximum Gasteiger partial charge on any atom is 0.318 e. The van der Waals surface area contributed by atoms with Crippen LogP contribution in [0, 0.1) is 5.92 Å². The van der Waals surface area contributed by atoms with Gasteiger partial charge >= 0.3 is 6.03 Å². The first kappa shape index (κ1) is 15.0. The smallest absolute Gasteiger partial charge is 0.318 e. The molecular formula is C16H22N2O4. The van der Waals surface area contributed by atoms with E-state index in [0.29, 0.717) is 31.7 Å². The molecule has 2 amide bonds. The number of carbonyl (C=O) groups is 1. The van der Waals surface area contributed by atoms with Gasteiger partial charge in [-0.15, -0.1) is 0 Å². The molecule has 0 aromatic heterocycles. The van der Waals surface area contributed by atoms with E-state index in [4.69, 9.17) is 14.2 Å². The molecule has 6 heteroatoms. The molecule has 2 aliphatic rings. The van der Waals surface area contributed by atoms with Gasteiger partial charge < -0.3 is 24.4 Å². The van der Waals surface area contributed by atoms with Crippen LogP contribution in [0.3, 0.4) is 0 Å². The summed E-state index contributed by atoms with van der Waals surface area (Å²) >= 11 is 0. The van der Waals surface area contributed by atoms with Gasteiger partial charge in [-0.3, -0.25) is 0 Å². The Morgan fingerprint density at radius 1 is 1.41 bits per heavy atom. The zero-order valence-corrected chi connectivity index (χ0v) is 13.0. The lowest BCUT2D eigenvalue weighted by atomic mass is 10.2. The fourth-order valence-corrected chi connectivity index (χ4v) is 2.49. The normalized spacial score (nSPS) is 21.5. The molecule has 0 saturated heterocycles. The lowest BCUT2D eigenvalue weighted by Gasteiger charge is -2.23. The van der Waals surface area contributed by atoms with E-state index in [1.54, 1.807) is 12.0 Å². The van der Waals surface area contributed by atoms with Crippen molar-refractivity contribution in [2.45, 2.75) is 25.9 Å². The fraction of sp³-hybridized carbons (Fsp3) is 0.562. The van der Waals surface area contributed by atoms with Gasteiger partial charge in [-0.1, -0.05) is 13.0 Å². The molecule has 2 atom stereocenters. The minimum atomic E-state index is -0.0379. The van der Waals surface area contributed by atoms with Gasteiger partial charge in [0.15, 0.2) is 11.5 Å². The first-order valence-corrected chi connectivity index (χ1v) is 7.60. The third kappa shape index (κ3) is 3.44. The SMILES string of the molecule is COCCN(Cc1ccc2c(c1)OCO2)C(=O)N[C@@H]1C[C@@H]1C. The van der Waals surface area contributed by atoms with E-state index in [0.717, 1.165) is 23.5 Å². The maximum atomic E-state index is 12.4. The number of methoxy groups -OCH3 is 1. The molecule has 6 nitrogen and oxygen atoms in total. The molecule has 1 aromatic carbocycles. The van der Waals surface area contributed by atoms with Gasteiger partial charge in [0.1, 0.15) is 0 Å². The molecule has 1 aromatic rings. The molecular weight excluding hydrogens is 284 g/mol. The van der Waals surface area contributed by atoms with E-state index in [9.17, 15) is 4.79 Å². The number of amides is 2. The Kier molecular flexibility index (Phi) is 4.38. The second-order valence-corrected chi connectivity index (χ2v) is 5.87. The van der Waals surface area contributed by atoms with Crippen LogP contribution in [0.4, 0.5) is 4.79 Å². The summed E-state index contributed by atoms with van der Waals surface area (Å²) in [5, 5.41) is 3.06. The number of nitrogens with zero attached hydrogens (tertiary/aromatic N) is 1. The third-order valence-corrected chi connectivity index (χ3v) is 4.08. The molecule has 120 valence electrons. The quantitative estimate of drug-likeness (QED) is 0.873. The van der Waals surface area contributed by atoms with Crippen LogP contribution >= 0.6 is 0 Å². The van der Waals surface area contributed by atoms with Crippen molar-refractivity contribution in [2.24, 2.45) is 5.92 Å². The maximum absolute atomic E-state index is 12.4. The predicted molar refractivity (Wildman–Crippen MR) is 81.0 cm³/mol. The van der Waals surface area contributed by atoms with Crippen LogP contribution < -0.4 is 14.8 Å². The summed E-state index contributed by atoms with van der Waals surface area (Å²) in [4.78, 5) is 14.2. The molecule has 1 heterocycles. The average molecular weight is 306 g/mol. The third-order valence-electron chi connectivity index (χ3n) is 4.08. The van der Waals surface area contributed by atoms with Crippen molar-refractivity contribution in [3.63, 3.8) is 0 Å². The van der Waals surface area contributed by atoms with Crippen molar-refractivity contribution in [2.75, 3.05) is 27.1 Å². The number of hydrogen-bond acceptors (Lipinski definition) is 4. The van der Waals surface area contributed by atoms with Crippen molar-refractivity contribution >= 4 is 6.03 Å². The molecule has 0 radical (unpaired) electrons. The Hall–Kier alpha value is -1.95. The summed E-state index contributed by atoms with van der Waals surface area (Å²) < 4.78 is 15.8. The molecule has 1 fully saturated rings. The van der Waals surface area contributed by atoms with Crippen LogP contribution in [0.5, 0.6) is 11.5 Å². The van der Waals surface area contributed by atoms with Gasteiger partial charge in [0, 0.05) is 26.2 Å². The topological polar surface area (TPSA) is 60.0 Å². The average Bonchev–Trinajstić information content (AvgIpc) is 3.01. The molecule has 0 unspecified atom stereocenters. The van der Waals surface area contributed by atoms with Crippen LogP contribution in [-0.4, -0.2) is 44.0 Å². The standard InChI is InChI=1S/C16H22N2O4/c1-11-7-13(11)17-16(19)18(5-6-20-2)9-12-3-4-14-15(8-12)22-10-21-14/h3-4,8,11,13H,5-7,9-10H2,1-2H3,(H,17,19)/t11-,13+/m0/s1. The number of benzene rings is 1. The number of nitrogens with one attached hydrogen (secondary N) is 1. The van der Waals surface area contributed by atoms with Crippen LogP contribution in [0.25, 0.3) is 0 Å². The van der Waals surface area contributed by atoms with Crippen LogP contribution in [0.2, 0.25) is 0 Å². The monoisotopic (exact) mass is 306 g/mol. The summed E-state index contributed by atoms with van der Waals surface area (Å²) in [6, 6.07) is 6.04. The number of urea groups is 1. The Bertz CT molecular complexity index is 549. The highest BCUT2D eigenvalue weighted by molar-refractivity contribution is 5.75. The highest BCUT2D eigenvalue weighted by Gasteiger charge is 2.35. The Balaban J connectivity index is 1.64. The van der Waals surface area contributed by atoms with Crippen LogP contribution in [0.1, 0.15) is 18.9 Å². The van der Waals surface area contributed by atoms with E-state index in [1.807, 2.05) is 18.2 Å². The van der Waals surface area contributed by atoms with E-state index < -0.39 is 0 Å². The fourth-order valence-electron chi connectivity index (χ4n) is 2.49. The molecule has 0 bridgehead atoms. The Morgan fingerprint density at radius 3 is 2.91 bits per heavy atom. The molecule has 1 aliphatic heterocycles. The van der Waals surface area contributed by atoms with Gasteiger partial charge in [0.25, 0.3) is 0 Å². The zero-order chi connectivity index (χ0) is 15.5. The van der Waals surface area contributed by atoms with E-state index in [-0.39, 0.29) is 12.8 Å². The van der Waals surface area contributed by atoms with Gasteiger partial charge in [-0.25, -0.2) is 4.79 Å². The summed E-state index contributed by atoms with van der Waals surface area (Å²) in [6.45, 7) is 3.98. The molecule has 22 heavy (non-hydrogen) atoms. The second-order valence-electron chi connectivity index (χ2n) is 5.87. The minimum Gasteiger partial charge on any atom is -0.454 e. The Labute approximate surface area is 130 Å². The summed E-state index contributed by atoms with van der Waals surface area (Å²) in [7, 11) is 1.64. The van der Waals surface area contributed by atoms with Crippen LogP contribution in [-0.2, 0) is 11.3 Å². The highest BCUT2D eigenvalue weighted by atomic mass is 16.7. The summed E-state index contributed by atoms with van der Waals surface area (Å²) in [6.07, 6.45) is 1.06. The first-order chi connectivity index (χ1) is 10.7. The van der Waals surface area contributed by atoms with Crippen molar-refractivity contribution in [3.05, 3.63) is 23.8 Å². The van der Waals surface area contributed by atoms with Crippen molar-refractivity contribution < 1.29 is 19.0 Å². The van der Waals surface area contributed by atoms with Crippen molar-refractivity contribution in [1.29, 1.82) is 0 Å². The molecule has 0 spiro atoms. The van der Waals surface area contributed by atoms with Gasteiger partial charge in [0.05, 0.1) is 6.61 Å². The summed E-state index contributed by atoms with van der Waals surface area (Å²) in [5.74, 6) is 2.07. The zero-order valence-electron chi connectivity index (χ0n) is 13.0. The van der Waals surface area contributed by atoms with Crippen LogP contribution in [0.15, 0.2) is 18.2 Å². The first-order valence-electron chi connectivity index (χ1n) is 7.60. The van der Waals surface area contributed by atoms with Crippen molar-refractivity contribution in [1.82, 2.24) is 10.2 Å².